The van der Waals surface area contributed by atoms with Crippen molar-refractivity contribution in [3.8, 4) is 5.69 Å². The third kappa shape index (κ3) is 2.70. The molecule has 0 radical (unpaired) electrons. The molecule has 2 aliphatic rings. The van der Waals surface area contributed by atoms with E-state index in [0.29, 0.717) is 5.57 Å². The quantitative estimate of drug-likeness (QED) is 0.535. The molecule has 1 unspecified atom stereocenters. The second kappa shape index (κ2) is 6.15. The maximum absolute atomic E-state index is 13.8. The van der Waals surface area contributed by atoms with Gasteiger partial charge in [-0.2, -0.15) is 18.3 Å². The number of carbonyl (C=O) groups excluding carboxylic acids is 2. The highest BCUT2D eigenvalue weighted by atomic mass is 19.4. The molecule has 2 fully saturated rings. The summed E-state index contributed by atoms with van der Waals surface area (Å²) < 4.78 is 42.2. The number of Topliss-reactive ketones (excluding diaryl/α,β-unsaturated/α-hetero) is 1. The monoisotopic (exact) mass is 402 g/mol. The number of alkyl halides is 3. The van der Waals surface area contributed by atoms with Crippen molar-refractivity contribution in [1.29, 1.82) is 0 Å². The van der Waals surface area contributed by atoms with E-state index < -0.39 is 28.6 Å². The van der Waals surface area contributed by atoms with E-state index >= 15 is 0 Å². The van der Waals surface area contributed by atoms with Crippen LogP contribution in [0.3, 0.4) is 0 Å². The molecule has 152 valence electrons. The van der Waals surface area contributed by atoms with E-state index in [0.717, 1.165) is 29.8 Å². The zero-order valence-electron chi connectivity index (χ0n) is 16.4. The molecule has 2 aliphatic carbocycles. The largest absolute Gasteiger partial charge is 0.434 e. The zero-order valence-corrected chi connectivity index (χ0v) is 16.4. The predicted molar refractivity (Wildman–Crippen MR) is 101 cm³/mol. The molecule has 2 bridgehead atoms. The third-order valence-electron chi connectivity index (χ3n) is 6.96. The highest BCUT2D eigenvalue weighted by Gasteiger charge is 2.64. The van der Waals surface area contributed by atoms with Gasteiger partial charge in [0.1, 0.15) is 0 Å². The Morgan fingerprint density at radius 3 is 2.41 bits per heavy atom. The van der Waals surface area contributed by atoms with E-state index in [1.54, 1.807) is 18.2 Å². The molecule has 29 heavy (non-hydrogen) atoms. The summed E-state index contributed by atoms with van der Waals surface area (Å²) in [4.78, 5) is 25.8. The van der Waals surface area contributed by atoms with Crippen LogP contribution in [0.25, 0.3) is 5.69 Å². The lowest BCUT2D eigenvalue weighted by molar-refractivity contribution is -0.143. The molecular weight excluding hydrogens is 381 g/mol. The van der Waals surface area contributed by atoms with Gasteiger partial charge in [-0.1, -0.05) is 39.0 Å². The van der Waals surface area contributed by atoms with Crippen molar-refractivity contribution in [3.63, 3.8) is 0 Å². The lowest BCUT2D eigenvalue weighted by Gasteiger charge is -2.31. The van der Waals surface area contributed by atoms with Gasteiger partial charge in [-0.15, -0.1) is 0 Å². The van der Waals surface area contributed by atoms with Gasteiger partial charge in [-0.25, -0.2) is 4.68 Å². The first-order valence-corrected chi connectivity index (χ1v) is 9.50. The first-order chi connectivity index (χ1) is 13.5. The number of para-hydroxylation sites is 1. The summed E-state index contributed by atoms with van der Waals surface area (Å²) in [5.74, 6) is -1.09. The topological polar surface area (TPSA) is 52.0 Å². The van der Waals surface area contributed by atoms with E-state index in [9.17, 15) is 22.8 Å². The lowest BCUT2D eigenvalue weighted by Crippen LogP contribution is -2.32. The highest BCUT2D eigenvalue weighted by molar-refractivity contribution is 6.13. The standard InChI is InChI=1S/C22H21F3N2O2/c1-20(2)16-9-10-21(20,3)19(29)14(16)11-17(28)15-12-26-27(18(15)22(23,24)25)13-7-5-4-6-8-13/h4-8,11-12,16H,9-10H2,1-3H3/b14-11+/t16-,21?/m1/s1. The molecule has 0 N–H and O–H groups in total. The molecule has 1 aromatic carbocycles. The average molecular weight is 402 g/mol. The Hall–Kier alpha value is -2.70. The van der Waals surface area contributed by atoms with Gasteiger partial charge in [0.25, 0.3) is 0 Å². The number of aromatic nitrogens is 2. The van der Waals surface area contributed by atoms with Gasteiger partial charge >= 0.3 is 6.18 Å². The van der Waals surface area contributed by atoms with Crippen molar-refractivity contribution >= 4 is 11.6 Å². The summed E-state index contributed by atoms with van der Waals surface area (Å²) in [7, 11) is 0. The van der Waals surface area contributed by atoms with E-state index in [-0.39, 0.29) is 22.8 Å². The van der Waals surface area contributed by atoms with Gasteiger partial charge in [0.05, 0.1) is 17.4 Å². The Morgan fingerprint density at radius 2 is 1.86 bits per heavy atom. The molecular formula is C22H21F3N2O2. The zero-order chi connectivity index (χ0) is 21.2. The SMILES string of the molecule is CC12CC[C@H](/C(=C\C(=O)c3cnn(-c4ccccc4)c3C(F)(F)F)C1=O)C2(C)C. The van der Waals surface area contributed by atoms with Crippen molar-refractivity contribution in [2.75, 3.05) is 0 Å². The van der Waals surface area contributed by atoms with Crippen LogP contribution in [0.5, 0.6) is 0 Å². The second-order valence-corrected chi connectivity index (χ2v) is 8.59. The van der Waals surface area contributed by atoms with Crippen molar-refractivity contribution in [2.24, 2.45) is 16.7 Å². The summed E-state index contributed by atoms with van der Waals surface area (Å²) in [6.07, 6.45) is -1.25. The highest BCUT2D eigenvalue weighted by Crippen LogP contribution is 2.65. The van der Waals surface area contributed by atoms with Crippen LogP contribution in [0.4, 0.5) is 13.2 Å². The van der Waals surface area contributed by atoms with Crippen LogP contribution in [0.1, 0.15) is 49.7 Å². The van der Waals surface area contributed by atoms with E-state index in [1.165, 1.54) is 12.1 Å². The molecule has 2 aromatic rings. The van der Waals surface area contributed by atoms with E-state index in [4.69, 9.17) is 0 Å². The molecule has 4 rings (SSSR count). The molecule has 1 aromatic heterocycles. The van der Waals surface area contributed by atoms with Crippen LogP contribution in [0.2, 0.25) is 0 Å². The third-order valence-corrected chi connectivity index (χ3v) is 6.96. The number of hydrogen-bond acceptors (Lipinski definition) is 3. The Bertz CT molecular complexity index is 1030. The number of fused-ring (bicyclic) bond motifs is 2. The fraction of sp³-hybridized carbons (Fsp3) is 0.409. The number of nitrogens with zero attached hydrogens (tertiary/aromatic N) is 2. The van der Waals surface area contributed by atoms with Gasteiger partial charge in [0.2, 0.25) is 0 Å². The second-order valence-electron chi connectivity index (χ2n) is 8.59. The van der Waals surface area contributed by atoms with Crippen LogP contribution in [-0.4, -0.2) is 21.3 Å². The molecule has 2 saturated carbocycles. The maximum Gasteiger partial charge on any atom is 0.434 e. The minimum atomic E-state index is -4.78. The van der Waals surface area contributed by atoms with Crippen molar-refractivity contribution in [2.45, 2.75) is 39.8 Å². The molecule has 0 aliphatic heterocycles. The summed E-state index contributed by atoms with van der Waals surface area (Å²) in [5, 5.41) is 3.82. The van der Waals surface area contributed by atoms with Gasteiger partial charge in [-0.05, 0) is 42.4 Å². The minimum Gasteiger partial charge on any atom is -0.294 e. The van der Waals surface area contributed by atoms with Crippen LogP contribution in [0, 0.1) is 16.7 Å². The maximum atomic E-state index is 13.8. The fourth-order valence-corrected chi connectivity index (χ4v) is 4.88. The van der Waals surface area contributed by atoms with E-state index in [1.807, 2.05) is 20.8 Å². The normalized spacial score (nSPS) is 27.0. The van der Waals surface area contributed by atoms with Gasteiger partial charge in [0.15, 0.2) is 17.3 Å². The molecule has 2 atom stereocenters. The molecule has 4 nitrogen and oxygen atoms in total. The molecule has 7 heteroatoms. The minimum absolute atomic E-state index is 0.123. The van der Waals surface area contributed by atoms with Gasteiger partial charge < -0.3 is 0 Å². The van der Waals surface area contributed by atoms with Gasteiger partial charge in [0, 0.05) is 11.0 Å². The Kier molecular flexibility index (Phi) is 4.16. The van der Waals surface area contributed by atoms with Crippen molar-refractivity contribution in [1.82, 2.24) is 9.78 Å². The average Bonchev–Trinajstić information content (AvgIpc) is 3.24. The molecule has 0 spiro atoms. The number of ketones is 2. The Morgan fingerprint density at radius 1 is 1.21 bits per heavy atom. The summed E-state index contributed by atoms with van der Waals surface area (Å²) in [5.41, 5.74) is -2.04. The Balaban J connectivity index is 1.79. The van der Waals surface area contributed by atoms with Crippen LogP contribution in [0.15, 0.2) is 48.2 Å². The number of halogens is 3. The van der Waals surface area contributed by atoms with Crippen molar-refractivity contribution < 1.29 is 22.8 Å². The smallest absolute Gasteiger partial charge is 0.294 e. The van der Waals surface area contributed by atoms with E-state index in [2.05, 4.69) is 5.10 Å². The first-order valence-electron chi connectivity index (χ1n) is 9.50. The summed E-state index contributed by atoms with van der Waals surface area (Å²) in [6, 6.07) is 7.84. The fourth-order valence-electron chi connectivity index (χ4n) is 4.88. The molecule has 0 saturated heterocycles. The van der Waals surface area contributed by atoms with Crippen LogP contribution < -0.4 is 0 Å². The van der Waals surface area contributed by atoms with Crippen LogP contribution >= 0.6 is 0 Å². The molecule has 0 amide bonds. The number of benzene rings is 1. The number of hydrogen-bond donors (Lipinski definition) is 0. The summed E-state index contributed by atoms with van der Waals surface area (Å²) in [6.45, 7) is 5.86. The molecule has 1 heterocycles. The lowest BCUT2D eigenvalue weighted by atomic mass is 9.70. The van der Waals surface area contributed by atoms with Gasteiger partial charge in [-0.3, -0.25) is 9.59 Å². The number of rotatable bonds is 3. The van der Waals surface area contributed by atoms with Crippen LogP contribution in [-0.2, 0) is 11.0 Å². The number of allylic oxidation sites excluding steroid dienone is 2. The number of carbonyl (C=O) groups is 2. The van der Waals surface area contributed by atoms with Crippen molar-refractivity contribution in [3.05, 3.63) is 59.4 Å². The Labute approximate surface area is 166 Å². The predicted octanol–water partition coefficient (Wildman–Crippen LogP) is 5.03. The summed E-state index contributed by atoms with van der Waals surface area (Å²) >= 11 is 0. The first kappa shape index (κ1) is 19.6.